The Kier molecular flexibility index (Phi) is 5.35. The Morgan fingerprint density at radius 3 is 2.55 bits per heavy atom. The molecule has 0 saturated heterocycles. The molecule has 0 aliphatic carbocycles. The average Bonchev–Trinajstić information content (AvgIpc) is 3.33. The van der Waals surface area contributed by atoms with Crippen LogP contribution in [-0.4, -0.2) is 9.55 Å². The van der Waals surface area contributed by atoms with Crippen molar-refractivity contribution in [2.24, 2.45) is 0 Å². The number of halogens is 1. The van der Waals surface area contributed by atoms with E-state index in [-0.39, 0.29) is 0 Å². The van der Waals surface area contributed by atoms with Gasteiger partial charge in [-0.05, 0) is 43.7 Å². The summed E-state index contributed by atoms with van der Waals surface area (Å²) in [6.45, 7) is 4.07. The zero-order valence-corrected chi connectivity index (χ0v) is 17.6. The molecule has 0 amide bonds. The van der Waals surface area contributed by atoms with Gasteiger partial charge in [-0.25, -0.2) is 4.98 Å². The summed E-state index contributed by atoms with van der Waals surface area (Å²) in [7, 11) is 0. The number of nitrogens with zero attached hydrogens (tertiary/aromatic N) is 3. The highest BCUT2D eigenvalue weighted by molar-refractivity contribution is 7.11. The van der Waals surface area contributed by atoms with Crippen molar-refractivity contribution in [2.75, 3.05) is 0 Å². The van der Waals surface area contributed by atoms with Gasteiger partial charge in [0.05, 0.1) is 22.0 Å². The van der Waals surface area contributed by atoms with Gasteiger partial charge in [0.2, 0.25) is 0 Å². The van der Waals surface area contributed by atoms with E-state index in [1.807, 2.05) is 79.9 Å². The fourth-order valence-electron chi connectivity index (χ4n) is 3.37. The van der Waals surface area contributed by atoms with Gasteiger partial charge >= 0.3 is 0 Å². The number of hydrogen-bond donors (Lipinski definition) is 0. The molecular weight excluding hydrogens is 398 g/mol. The third-order valence-electron chi connectivity index (χ3n) is 4.79. The van der Waals surface area contributed by atoms with E-state index in [1.54, 1.807) is 0 Å². The van der Waals surface area contributed by atoms with Crippen molar-refractivity contribution < 1.29 is 0 Å². The maximum atomic E-state index is 9.77. The Morgan fingerprint density at radius 2 is 1.83 bits per heavy atom. The zero-order valence-electron chi connectivity index (χ0n) is 16.1. The van der Waals surface area contributed by atoms with Gasteiger partial charge in [0, 0.05) is 22.3 Å². The predicted octanol–water partition coefficient (Wildman–Crippen LogP) is 6.94. The van der Waals surface area contributed by atoms with Crippen LogP contribution in [0.5, 0.6) is 0 Å². The number of benzene rings is 2. The molecule has 142 valence electrons. The first-order chi connectivity index (χ1) is 14.1. The Morgan fingerprint density at radius 1 is 1.10 bits per heavy atom. The average molecular weight is 416 g/mol. The molecular formula is C24H18ClN3S. The van der Waals surface area contributed by atoms with E-state index in [0.717, 1.165) is 33.9 Å². The van der Waals surface area contributed by atoms with Gasteiger partial charge < -0.3 is 4.57 Å². The number of aryl methyl sites for hydroxylation is 1. The van der Waals surface area contributed by atoms with Crippen molar-refractivity contribution in [3.8, 4) is 23.0 Å². The summed E-state index contributed by atoms with van der Waals surface area (Å²) in [6.07, 6.45) is 1.91. The Balaban J connectivity index is 1.74. The minimum Gasteiger partial charge on any atom is -0.316 e. The highest BCUT2D eigenvalue weighted by Gasteiger charge is 2.14. The van der Waals surface area contributed by atoms with Crippen LogP contribution in [0.2, 0.25) is 5.02 Å². The van der Waals surface area contributed by atoms with Crippen LogP contribution in [0.3, 0.4) is 0 Å². The monoisotopic (exact) mass is 415 g/mol. The molecule has 3 nitrogen and oxygen atoms in total. The second-order valence-corrected chi connectivity index (χ2v) is 7.95. The largest absolute Gasteiger partial charge is 0.316 e. The maximum Gasteiger partial charge on any atom is 0.134 e. The van der Waals surface area contributed by atoms with Gasteiger partial charge in [-0.2, -0.15) is 5.26 Å². The van der Waals surface area contributed by atoms with Gasteiger partial charge in [0.15, 0.2) is 0 Å². The smallest absolute Gasteiger partial charge is 0.134 e. The van der Waals surface area contributed by atoms with Crippen molar-refractivity contribution in [3.63, 3.8) is 0 Å². The van der Waals surface area contributed by atoms with Crippen LogP contribution >= 0.6 is 22.9 Å². The molecule has 5 heteroatoms. The molecule has 0 aliphatic heterocycles. The Bertz CT molecular complexity index is 1240. The third-order valence-corrected chi connectivity index (χ3v) is 5.98. The maximum absolute atomic E-state index is 9.77. The lowest BCUT2D eigenvalue weighted by atomic mass is 10.1. The number of rotatable bonds is 4. The fourth-order valence-corrected chi connectivity index (χ4v) is 4.39. The molecule has 2 aromatic heterocycles. The van der Waals surface area contributed by atoms with E-state index < -0.39 is 0 Å². The summed E-state index contributed by atoms with van der Waals surface area (Å²) in [6, 6.07) is 22.1. The van der Waals surface area contributed by atoms with Gasteiger partial charge in [0.1, 0.15) is 11.1 Å². The summed E-state index contributed by atoms with van der Waals surface area (Å²) in [4.78, 5) is 4.68. The van der Waals surface area contributed by atoms with E-state index in [1.165, 1.54) is 11.3 Å². The minimum absolute atomic E-state index is 0.552. The first-order valence-corrected chi connectivity index (χ1v) is 10.4. The molecule has 4 aromatic rings. The second-order valence-electron chi connectivity index (χ2n) is 6.69. The Hall–Kier alpha value is -3.13. The van der Waals surface area contributed by atoms with E-state index in [2.05, 4.69) is 21.7 Å². The molecule has 0 saturated carbocycles. The number of hydrogen-bond acceptors (Lipinski definition) is 3. The van der Waals surface area contributed by atoms with Crippen LogP contribution < -0.4 is 0 Å². The number of nitriles is 1. The molecule has 0 atom stereocenters. The molecule has 0 bridgehead atoms. The second kappa shape index (κ2) is 8.08. The zero-order chi connectivity index (χ0) is 20.4. The quantitative estimate of drug-likeness (QED) is 0.339. The molecule has 2 aromatic carbocycles. The van der Waals surface area contributed by atoms with Crippen LogP contribution in [0, 0.1) is 25.2 Å². The SMILES string of the molecule is Cc1cc(C=C(C#N)c2nc(-c3ccccc3)cs2)c(C)n1-c1ccccc1Cl. The van der Waals surface area contributed by atoms with Gasteiger partial charge in [0.25, 0.3) is 0 Å². The highest BCUT2D eigenvalue weighted by Crippen LogP contribution is 2.30. The number of thiazole rings is 1. The van der Waals surface area contributed by atoms with Crippen LogP contribution in [0.4, 0.5) is 0 Å². The molecule has 0 aliphatic rings. The first kappa shape index (κ1) is 19.2. The number of allylic oxidation sites excluding steroid dienone is 1. The van der Waals surface area contributed by atoms with E-state index in [4.69, 9.17) is 11.6 Å². The summed E-state index contributed by atoms with van der Waals surface area (Å²) >= 11 is 7.89. The molecule has 29 heavy (non-hydrogen) atoms. The molecule has 0 unspecified atom stereocenters. The topological polar surface area (TPSA) is 41.6 Å². The van der Waals surface area contributed by atoms with Gasteiger partial charge in [-0.1, -0.05) is 54.1 Å². The Labute approximate surface area is 179 Å². The van der Waals surface area contributed by atoms with Crippen LogP contribution in [0.25, 0.3) is 28.6 Å². The van der Waals surface area contributed by atoms with Gasteiger partial charge in [-0.15, -0.1) is 11.3 Å². The van der Waals surface area contributed by atoms with Crippen LogP contribution in [0.15, 0.2) is 66.0 Å². The van der Waals surface area contributed by atoms with E-state index >= 15 is 0 Å². The lowest BCUT2D eigenvalue weighted by Gasteiger charge is -2.11. The fraction of sp³-hybridized carbons (Fsp3) is 0.0833. The van der Waals surface area contributed by atoms with Crippen molar-refractivity contribution >= 4 is 34.6 Å². The number of para-hydroxylation sites is 1. The standard InChI is InChI=1S/C24H18ClN3S/c1-16-12-19(17(2)28(16)23-11-7-6-10-21(23)25)13-20(14-26)24-27-22(15-29-24)18-8-4-3-5-9-18/h3-13,15H,1-2H3. The molecule has 0 N–H and O–H groups in total. The van der Waals surface area contributed by atoms with E-state index in [0.29, 0.717) is 15.6 Å². The van der Waals surface area contributed by atoms with Crippen LogP contribution in [0.1, 0.15) is 22.0 Å². The van der Waals surface area contributed by atoms with Gasteiger partial charge in [-0.3, -0.25) is 0 Å². The first-order valence-electron chi connectivity index (χ1n) is 9.15. The summed E-state index contributed by atoms with van der Waals surface area (Å²) < 4.78 is 2.11. The normalized spacial score (nSPS) is 11.4. The molecule has 4 rings (SSSR count). The predicted molar refractivity (Wildman–Crippen MR) is 121 cm³/mol. The van der Waals surface area contributed by atoms with Crippen molar-refractivity contribution in [2.45, 2.75) is 13.8 Å². The summed E-state index contributed by atoms with van der Waals surface area (Å²) in [5.74, 6) is 0. The molecule has 0 radical (unpaired) electrons. The lowest BCUT2D eigenvalue weighted by molar-refractivity contribution is 0.965. The van der Waals surface area contributed by atoms with Crippen LogP contribution in [-0.2, 0) is 0 Å². The lowest BCUT2D eigenvalue weighted by Crippen LogP contribution is -1.99. The molecule has 0 fully saturated rings. The molecule has 0 spiro atoms. The summed E-state index contributed by atoms with van der Waals surface area (Å²) in [5, 5.41) is 13.2. The van der Waals surface area contributed by atoms with Crippen molar-refractivity contribution in [1.82, 2.24) is 9.55 Å². The highest BCUT2D eigenvalue weighted by atomic mass is 35.5. The van der Waals surface area contributed by atoms with Crippen molar-refractivity contribution in [3.05, 3.63) is 93.0 Å². The third kappa shape index (κ3) is 3.75. The van der Waals surface area contributed by atoms with E-state index in [9.17, 15) is 5.26 Å². The number of aromatic nitrogens is 2. The minimum atomic E-state index is 0.552. The molecule has 2 heterocycles. The summed E-state index contributed by atoms with van der Waals surface area (Å²) in [5.41, 5.74) is 6.49. The van der Waals surface area contributed by atoms with Crippen molar-refractivity contribution in [1.29, 1.82) is 5.26 Å².